The van der Waals surface area contributed by atoms with E-state index < -0.39 is 12.2 Å². The van der Waals surface area contributed by atoms with E-state index in [0.717, 1.165) is 90.8 Å². The molecular weight excluding hydrogens is 617 g/mol. The van der Waals surface area contributed by atoms with Crippen molar-refractivity contribution in [1.29, 1.82) is 0 Å². The summed E-state index contributed by atoms with van der Waals surface area (Å²) < 4.78 is 0. The lowest BCUT2D eigenvalue weighted by atomic mass is 9.97. The van der Waals surface area contributed by atoms with Crippen molar-refractivity contribution < 1.29 is 10.2 Å². The van der Waals surface area contributed by atoms with E-state index in [0.29, 0.717) is 11.4 Å². The van der Waals surface area contributed by atoms with Gasteiger partial charge in [-0.3, -0.25) is 9.97 Å². The van der Waals surface area contributed by atoms with E-state index in [4.69, 9.17) is 9.97 Å². The number of aromatic nitrogens is 4. The topological polar surface area (TPSA) is 97.8 Å². The fourth-order valence-corrected chi connectivity index (χ4v) is 7.47. The summed E-state index contributed by atoms with van der Waals surface area (Å²) in [5.41, 5.74) is 13.7. The smallest absolute Gasteiger partial charge is 0.128 e. The van der Waals surface area contributed by atoms with Gasteiger partial charge in [-0.05, 0) is 59.4 Å². The summed E-state index contributed by atoms with van der Waals surface area (Å²) in [5.74, 6) is 0. The lowest BCUT2D eigenvalue weighted by molar-refractivity contribution is 0.0260. The minimum absolute atomic E-state index is 0.408. The number of fused-ring (bicyclic) bond motifs is 8. The van der Waals surface area contributed by atoms with Crippen LogP contribution in [0.5, 0.6) is 0 Å². The van der Waals surface area contributed by atoms with Crippen LogP contribution in [-0.2, 0) is 12.8 Å². The van der Waals surface area contributed by atoms with Crippen LogP contribution in [0.25, 0.3) is 66.6 Å². The molecule has 0 amide bonds. The number of nitrogens with zero attached hydrogens (tertiary/aromatic N) is 2. The molecule has 6 heteroatoms. The molecule has 6 nitrogen and oxygen atoms in total. The summed E-state index contributed by atoms with van der Waals surface area (Å²) in [6.07, 6.45) is -0.944. The molecule has 2 aliphatic heterocycles. The number of aliphatic hydroxyl groups excluding tert-OH is 2. The second kappa shape index (κ2) is 12.4. The Balaban J connectivity index is 1.50. The highest BCUT2D eigenvalue weighted by atomic mass is 16.3. The molecule has 0 saturated carbocycles. The molecule has 3 aromatic heterocycles. The highest BCUT2D eigenvalue weighted by molar-refractivity contribution is 5.92. The Morgan fingerprint density at radius 1 is 0.380 bits per heavy atom. The number of aromatic amines is 2. The molecule has 0 spiro atoms. The lowest BCUT2D eigenvalue weighted by Crippen LogP contribution is -2.05. The molecule has 5 heterocycles. The van der Waals surface area contributed by atoms with Crippen LogP contribution in [0.15, 0.2) is 146 Å². The molecule has 4 N–H and O–H groups in total. The molecule has 8 bridgehead atoms. The van der Waals surface area contributed by atoms with Gasteiger partial charge in [0.05, 0.1) is 22.8 Å². The minimum atomic E-state index is -1.25. The largest absolute Gasteiger partial charge is 0.384 e. The van der Waals surface area contributed by atoms with Crippen molar-refractivity contribution in [2.24, 2.45) is 0 Å². The van der Waals surface area contributed by atoms with E-state index >= 15 is 0 Å². The second-order valence-corrected chi connectivity index (χ2v) is 12.8. The van der Waals surface area contributed by atoms with Crippen LogP contribution < -0.4 is 0 Å². The van der Waals surface area contributed by atoms with Crippen molar-refractivity contribution in [3.63, 3.8) is 0 Å². The molecule has 242 valence electrons. The van der Waals surface area contributed by atoms with Gasteiger partial charge in [0.1, 0.15) is 12.2 Å². The molecule has 2 atom stereocenters. The van der Waals surface area contributed by atoms with Gasteiger partial charge >= 0.3 is 0 Å². The molecule has 0 aliphatic carbocycles. The summed E-state index contributed by atoms with van der Waals surface area (Å²) in [6.45, 7) is 0. The van der Waals surface area contributed by atoms with Gasteiger partial charge in [0.2, 0.25) is 0 Å². The molecule has 0 fully saturated rings. The minimum Gasteiger partial charge on any atom is -0.384 e. The van der Waals surface area contributed by atoms with Crippen LogP contribution in [0.3, 0.4) is 0 Å². The van der Waals surface area contributed by atoms with Gasteiger partial charge in [0.25, 0.3) is 0 Å². The quantitative estimate of drug-likeness (QED) is 0.153. The maximum Gasteiger partial charge on any atom is 0.128 e. The van der Waals surface area contributed by atoms with E-state index in [1.165, 1.54) is 0 Å². The van der Waals surface area contributed by atoms with Crippen LogP contribution in [0, 0.1) is 0 Å². The maximum absolute atomic E-state index is 11.9. The van der Waals surface area contributed by atoms with Gasteiger partial charge in [-0.15, -0.1) is 0 Å². The van der Waals surface area contributed by atoms with Gasteiger partial charge < -0.3 is 20.2 Å². The zero-order valence-corrected chi connectivity index (χ0v) is 27.2. The number of hydrogen-bond acceptors (Lipinski definition) is 4. The third-order valence-corrected chi connectivity index (χ3v) is 9.76. The third-order valence-electron chi connectivity index (χ3n) is 9.76. The SMILES string of the molecule is OC1c2nc(c(-c3ccccc3)c3ccc([nH]3)c(-c3ccccc3)c3nc(c(-c4ccccc4)c4ccc([nH]4)c2-c2ccccc2)CC3)C1O. The van der Waals surface area contributed by atoms with Crippen molar-refractivity contribution in [2.75, 3.05) is 0 Å². The Hall–Kier alpha value is -6.08. The normalized spacial score (nSPS) is 15.6. The standard InChI is InChI=1S/C44H34N4O2/c49-43-41-39(29-17-9-3-10-18-29)35-25-23-33(46-35)37(27-13-5-1-6-14-27)31-21-22-32(45-31)38(28-15-7-2-8-16-28)34-24-26-36(47-34)40(42(48-41)44(43)50)30-19-11-4-12-20-30/h1-20,23-26,43-44,46-47,49-50H,21-22H2. The first-order chi connectivity index (χ1) is 24.6. The first-order valence-corrected chi connectivity index (χ1v) is 17.0. The van der Waals surface area contributed by atoms with Crippen LogP contribution in [-0.4, -0.2) is 30.1 Å². The fraction of sp³-hybridized carbons (Fsp3) is 0.0909. The van der Waals surface area contributed by atoms with Crippen molar-refractivity contribution in [3.05, 3.63) is 168 Å². The predicted molar refractivity (Wildman–Crippen MR) is 200 cm³/mol. The Morgan fingerprint density at radius 3 is 1.02 bits per heavy atom. The zero-order valence-electron chi connectivity index (χ0n) is 27.2. The van der Waals surface area contributed by atoms with Crippen molar-refractivity contribution in [2.45, 2.75) is 25.0 Å². The number of H-pyrrole nitrogens is 2. The molecule has 2 aliphatic rings. The van der Waals surface area contributed by atoms with Crippen LogP contribution in [0.4, 0.5) is 0 Å². The third kappa shape index (κ3) is 5.13. The molecular formula is C44H34N4O2. The van der Waals surface area contributed by atoms with Gasteiger partial charge in [0.15, 0.2) is 0 Å². The van der Waals surface area contributed by atoms with Crippen molar-refractivity contribution in [1.82, 2.24) is 19.9 Å². The van der Waals surface area contributed by atoms with Crippen LogP contribution in [0.2, 0.25) is 0 Å². The second-order valence-electron chi connectivity index (χ2n) is 12.8. The maximum atomic E-state index is 11.9. The number of aryl methyl sites for hydroxylation is 2. The molecule has 50 heavy (non-hydrogen) atoms. The molecule has 0 radical (unpaired) electrons. The Morgan fingerprint density at radius 2 is 0.680 bits per heavy atom. The van der Waals surface area contributed by atoms with E-state index in [1.807, 2.05) is 84.9 Å². The Labute approximate surface area is 289 Å². The molecule has 7 aromatic rings. The highest BCUT2D eigenvalue weighted by Gasteiger charge is 2.34. The Kier molecular flexibility index (Phi) is 7.46. The van der Waals surface area contributed by atoms with Crippen molar-refractivity contribution >= 4 is 22.1 Å². The number of aliphatic hydroxyl groups is 2. The first-order valence-electron chi connectivity index (χ1n) is 17.0. The van der Waals surface area contributed by atoms with Crippen molar-refractivity contribution in [3.8, 4) is 44.5 Å². The molecule has 2 unspecified atom stereocenters. The predicted octanol–water partition coefficient (Wildman–Crippen LogP) is 9.53. The molecule has 0 saturated heterocycles. The van der Waals surface area contributed by atoms with Gasteiger partial charge in [-0.2, -0.15) is 0 Å². The van der Waals surface area contributed by atoms with Gasteiger partial charge in [0, 0.05) is 44.3 Å². The average Bonchev–Trinajstić information content (AvgIpc) is 3.99. The number of hydrogen-bond donors (Lipinski definition) is 4. The van der Waals surface area contributed by atoms with E-state index in [2.05, 4.69) is 70.6 Å². The summed E-state index contributed by atoms with van der Waals surface area (Å²) in [4.78, 5) is 18.0. The number of benzene rings is 4. The van der Waals surface area contributed by atoms with E-state index in [-0.39, 0.29) is 0 Å². The fourth-order valence-electron chi connectivity index (χ4n) is 7.47. The number of rotatable bonds is 4. The van der Waals surface area contributed by atoms with Gasteiger partial charge in [-0.25, -0.2) is 0 Å². The molecule has 9 rings (SSSR count). The number of nitrogens with one attached hydrogen (secondary N) is 2. The van der Waals surface area contributed by atoms with Crippen LogP contribution in [0.1, 0.15) is 35.0 Å². The van der Waals surface area contributed by atoms with E-state index in [1.54, 1.807) is 0 Å². The summed E-state index contributed by atoms with van der Waals surface area (Å²) in [7, 11) is 0. The van der Waals surface area contributed by atoms with Crippen LogP contribution >= 0.6 is 0 Å². The van der Waals surface area contributed by atoms with E-state index in [9.17, 15) is 10.2 Å². The van der Waals surface area contributed by atoms with Gasteiger partial charge in [-0.1, -0.05) is 121 Å². The lowest BCUT2D eigenvalue weighted by Gasteiger charge is -2.13. The first kappa shape index (κ1) is 30.0. The summed E-state index contributed by atoms with van der Waals surface area (Å²) >= 11 is 0. The summed E-state index contributed by atoms with van der Waals surface area (Å²) in [6, 6.07) is 48.9. The summed E-state index contributed by atoms with van der Waals surface area (Å²) in [5, 5.41) is 23.7. The zero-order chi connectivity index (χ0) is 33.6. The Bertz CT molecular complexity index is 2330. The average molecular weight is 651 g/mol. The highest BCUT2D eigenvalue weighted by Crippen LogP contribution is 2.44. The monoisotopic (exact) mass is 650 g/mol. The molecule has 4 aromatic carbocycles.